The summed E-state index contributed by atoms with van der Waals surface area (Å²) in [6.07, 6.45) is 2.40. The number of hydrogen-bond acceptors (Lipinski definition) is 8. The van der Waals surface area contributed by atoms with Gasteiger partial charge in [-0.3, -0.25) is 14.5 Å². The third kappa shape index (κ3) is 6.79. The van der Waals surface area contributed by atoms with Gasteiger partial charge >= 0.3 is 12.1 Å². The lowest BCUT2D eigenvalue weighted by atomic mass is 9.86. The van der Waals surface area contributed by atoms with Crippen LogP contribution < -0.4 is 10.6 Å². The second-order valence-corrected chi connectivity index (χ2v) is 13.9. The molecule has 2 bridgehead atoms. The number of amides is 2. The van der Waals surface area contributed by atoms with Crippen molar-refractivity contribution in [3.63, 3.8) is 0 Å². The smallest absolute Gasteiger partial charge is 0.408 e. The van der Waals surface area contributed by atoms with E-state index in [9.17, 15) is 22.8 Å². The number of nitrogens with one attached hydrogen (secondary N) is 2. The first-order valence-electron chi connectivity index (χ1n) is 15.6. The minimum absolute atomic E-state index is 0.0187. The normalized spacial score (nSPS) is 23.3. The first kappa shape index (κ1) is 31.7. The lowest BCUT2D eigenvalue weighted by Crippen LogP contribution is -2.52. The van der Waals surface area contributed by atoms with Crippen molar-refractivity contribution >= 4 is 33.7 Å². The predicted octanol–water partition coefficient (Wildman–Crippen LogP) is 4.17. The van der Waals surface area contributed by atoms with E-state index in [0.717, 1.165) is 38.0 Å². The highest BCUT2D eigenvalue weighted by molar-refractivity contribution is 7.89. The van der Waals surface area contributed by atoms with Crippen LogP contribution in [0.5, 0.6) is 0 Å². The number of carbonyl (C=O) groups is 3. The second kappa shape index (κ2) is 13.6. The van der Waals surface area contributed by atoms with E-state index in [-0.39, 0.29) is 17.5 Å². The molecule has 4 fully saturated rings. The van der Waals surface area contributed by atoms with Crippen molar-refractivity contribution in [1.82, 2.24) is 14.5 Å². The van der Waals surface area contributed by atoms with Crippen molar-refractivity contribution < 1.29 is 32.3 Å². The third-order valence-electron chi connectivity index (χ3n) is 9.13. The molecule has 4 heterocycles. The number of esters is 1. The number of ether oxygens (including phenoxy) is 2. The number of benzene rings is 3. The van der Waals surface area contributed by atoms with Gasteiger partial charge in [0.25, 0.3) is 5.91 Å². The van der Waals surface area contributed by atoms with Crippen LogP contribution in [-0.4, -0.2) is 81.0 Å². The number of rotatable bonds is 9. The van der Waals surface area contributed by atoms with Crippen molar-refractivity contribution in [2.75, 3.05) is 38.6 Å². The number of nitrogens with zero attached hydrogens (tertiary/aromatic N) is 2. The lowest BCUT2D eigenvalue weighted by molar-refractivity contribution is -0.144. The Morgan fingerprint density at radius 2 is 1.59 bits per heavy atom. The molecule has 12 heteroatoms. The SMILES string of the molecule is COC(=O)[C@@H]1CCCN1S(=O)(=O)c1ccc(NC(=O)c2cccc([C@@H](NC(=O)O[C@H]3CN4CCC3CC4)c3ccccc3)c2)cc1. The van der Waals surface area contributed by atoms with Gasteiger partial charge in [0.2, 0.25) is 10.0 Å². The standard InChI is InChI=1S/C34H38N4O7S/c1-44-33(40)29-11-6-18-38(29)46(42,43)28-14-12-27(13-15-28)35-32(39)26-10-5-9-25(21-26)31(24-7-3-2-4-8-24)36-34(41)45-30-22-37-19-16-23(30)17-20-37/h2-5,7-10,12-15,21,23,29-31H,6,11,16-20,22H2,1H3,(H,35,39)(H,36,41)/t29-,30-,31-/m0/s1. The largest absolute Gasteiger partial charge is 0.468 e. The first-order chi connectivity index (χ1) is 22.2. The van der Waals surface area contributed by atoms with Crippen LogP contribution >= 0.6 is 0 Å². The van der Waals surface area contributed by atoms with Gasteiger partial charge < -0.3 is 20.1 Å². The molecule has 3 atom stereocenters. The van der Waals surface area contributed by atoms with Gasteiger partial charge in [0.1, 0.15) is 12.1 Å². The van der Waals surface area contributed by atoms with Gasteiger partial charge in [-0.05, 0) is 92.2 Å². The van der Waals surface area contributed by atoms with Crippen LogP contribution in [0.2, 0.25) is 0 Å². The molecule has 3 aromatic rings. The zero-order chi connectivity index (χ0) is 32.3. The van der Waals surface area contributed by atoms with Crippen LogP contribution in [-0.2, 0) is 24.3 Å². The molecule has 4 aliphatic heterocycles. The van der Waals surface area contributed by atoms with E-state index in [1.807, 2.05) is 36.4 Å². The molecule has 3 aromatic carbocycles. The van der Waals surface area contributed by atoms with Crippen LogP contribution in [0, 0.1) is 5.92 Å². The van der Waals surface area contributed by atoms with Crippen molar-refractivity contribution in [2.24, 2.45) is 5.92 Å². The first-order valence-corrected chi connectivity index (χ1v) is 17.0. The molecule has 7 rings (SSSR count). The van der Waals surface area contributed by atoms with Crippen molar-refractivity contribution in [2.45, 2.75) is 48.8 Å². The number of carbonyl (C=O) groups excluding carboxylic acids is 3. The summed E-state index contributed by atoms with van der Waals surface area (Å²) in [6, 6.07) is 20.9. The lowest BCUT2D eigenvalue weighted by Gasteiger charge is -2.43. The molecule has 242 valence electrons. The number of hydrogen-bond donors (Lipinski definition) is 2. The number of methoxy groups -OCH3 is 1. The Morgan fingerprint density at radius 1 is 0.870 bits per heavy atom. The van der Waals surface area contributed by atoms with E-state index in [1.165, 1.54) is 35.7 Å². The molecule has 0 aliphatic carbocycles. The van der Waals surface area contributed by atoms with E-state index in [4.69, 9.17) is 9.47 Å². The molecule has 0 unspecified atom stereocenters. The summed E-state index contributed by atoms with van der Waals surface area (Å²) < 4.78 is 38.4. The summed E-state index contributed by atoms with van der Waals surface area (Å²) in [7, 11) is -2.69. The quantitative estimate of drug-likeness (QED) is 0.331. The maximum absolute atomic E-state index is 13.3. The van der Waals surface area contributed by atoms with Gasteiger partial charge in [-0.1, -0.05) is 42.5 Å². The van der Waals surface area contributed by atoms with E-state index in [1.54, 1.807) is 18.2 Å². The van der Waals surface area contributed by atoms with Crippen molar-refractivity contribution in [1.29, 1.82) is 0 Å². The van der Waals surface area contributed by atoms with Crippen molar-refractivity contribution in [3.8, 4) is 0 Å². The molecule has 2 N–H and O–H groups in total. The van der Waals surface area contributed by atoms with Crippen LogP contribution in [0.25, 0.3) is 0 Å². The van der Waals surface area contributed by atoms with E-state index in [0.29, 0.717) is 35.6 Å². The number of anilines is 1. The second-order valence-electron chi connectivity index (χ2n) is 12.0. The Balaban J connectivity index is 1.15. The maximum Gasteiger partial charge on any atom is 0.408 e. The number of fused-ring (bicyclic) bond motifs is 3. The summed E-state index contributed by atoms with van der Waals surface area (Å²) in [5, 5.41) is 5.85. The molecule has 4 saturated heterocycles. The molecule has 2 amide bonds. The number of sulfonamides is 1. The molecule has 0 spiro atoms. The highest BCUT2D eigenvalue weighted by Crippen LogP contribution is 2.31. The molecule has 11 nitrogen and oxygen atoms in total. The number of piperidine rings is 3. The molecule has 0 radical (unpaired) electrons. The molecular weight excluding hydrogens is 608 g/mol. The average Bonchev–Trinajstić information content (AvgIpc) is 3.59. The molecule has 0 saturated carbocycles. The van der Waals surface area contributed by atoms with Crippen LogP contribution in [0.1, 0.15) is 53.2 Å². The summed E-state index contributed by atoms with van der Waals surface area (Å²) >= 11 is 0. The van der Waals surface area contributed by atoms with E-state index < -0.39 is 40.1 Å². The van der Waals surface area contributed by atoms with Gasteiger partial charge in [-0.25, -0.2) is 13.2 Å². The Hall–Kier alpha value is -4.26. The summed E-state index contributed by atoms with van der Waals surface area (Å²) in [5.41, 5.74) is 2.31. The predicted molar refractivity (Wildman–Crippen MR) is 171 cm³/mol. The summed E-state index contributed by atoms with van der Waals surface area (Å²) in [4.78, 5) is 40.9. The van der Waals surface area contributed by atoms with E-state index >= 15 is 0 Å². The van der Waals surface area contributed by atoms with Crippen molar-refractivity contribution in [3.05, 3.63) is 95.6 Å². The van der Waals surface area contributed by atoms with Gasteiger partial charge in [-0.15, -0.1) is 0 Å². The molecule has 4 aliphatic rings. The highest BCUT2D eigenvalue weighted by Gasteiger charge is 2.40. The Bertz CT molecular complexity index is 1680. The zero-order valence-corrected chi connectivity index (χ0v) is 26.4. The van der Waals surface area contributed by atoms with E-state index in [2.05, 4.69) is 15.5 Å². The fraction of sp³-hybridized carbons (Fsp3) is 0.382. The average molecular weight is 647 g/mol. The topological polar surface area (TPSA) is 134 Å². The minimum Gasteiger partial charge on any atom is -0.468 e. The molecule has 0 aromatic heterocycles. The number of alkyl carbamates (subject to hydrolysis) is 1. The van der Waals surface area contributed by atoms with Crippen LogP contribution in [0.4, 0.5) is 10.5 Å². The third-order valence-corrected chi connectivity index (χ3v) is 11.0. The molecular formula is C34H38N4O7S. The summed E-state index contributed by atoms with van der Waals surface area (Å²) in [6.45, 7) is 3.08. The summed E-state index contributed by atoms with van der Waals surface area (Å²) in [5.74, 6) is -0.600. The monoisotopic (exact) mass is 646 g/mol. The highest BCUT2D eigenvalue weighted by atomic mass is 32.2. The fourth-order valence-corrected chi connectivity index (χ4v) is 8.29. The van der Waals surface area contributed by atoms with Gasteiger partial charge in [0, 0.05) is 24.3 Å². The van der Waals surface area contributed by atoms with Gasteiger partial charge in [-0.2, -0.15) is 4.31 Å². The minimum atomic E-state index is -3.93. The Labute approximate surface area is 268 Å². The van der Waals surface area contributed by atoms with Gasteiger partial charge in [0.15, 0.2) is 0 Å². The van der Waals surface area contributed by atoms with Crippen LogP contribution in [0.3, 0.4) is 0 Å². The van der Waals surface area contributed by atoms with Crippen LogP contribution in [0.15, 0.2) is 83.8 Å². The Morgan fingerprint density at radius 3 is 2.26 bits per heavy atom. The fourth-order valence-electron chi connectivity index (χ4n) is 6.65. The Kier molecular flexibility index (Phi) is 9.39. The van der Waals surface area contributed by atoms with Gasteiger partial charge in [0.05, 0.1) is 18.0 Å². The molecule has 46 heavy (non-hydrogen) atoms. The zero-order valence-electron chi connectivity index (χ0n) is 25.6. The maximum atomic E-state index is 13.3.